The lowest BCUT2D eigenvalue weighted by Crippen LogP contribution is -2.31. The van der Waals surface area contributed by atoms with Crippen LogP contribution in [0.2, 0.25) is 0 Å². The van der Waals surface area contributed by atoms with E-state index in [9.17, 15) is 9.18 Å². The van der Waals surface area contributed by atoms with E-state index >= 15 is 0 Å². The van der Waals surface area contributed by atoms with E-state index in [4.69, 9.17) is 10.5 Å². The number of hydrogen-bond acceptors (Lipinski definition) is 3. The highest BCUT2D eigenvalue weighted by atomic mass is 19.1. The average molecular weight is 268 g/mol. The SMILES string of the molecule is CC(C)NC(=O)CCOc1ccc([C@H](C)N)c(F)c1. The van der Waals surface area contributed by atoms with Gasteiger partial charge in [-0.1, -0.05) is 6.07 Å². The molecule has 0 bridgehead atoms. The highest BCUT2D eigenvalue weighted by Crippen LogP contribution is 2.20. The first kappa shape index (κ1) is 15.4. The highest BCUT2D eigenvalue weighted by molar-refractivity contribution is 5.76. The van der Waals surface area contributed by atoms with Gasteiger partial charge in [0.05, 0.1) is 13.0 Å². The maximum atomic E-state index is 13.6. The molecule has 0 aromatic heterocycles. The summed E-state index contributed by atoms with van der Waals surface area (Å²) in [4.78, 5) is 11.4. The fourth-order valence-electron chi connectivity index (χ4n) is 1.62. The molecule has 0 aliphatic carbocycles. The molecule has 1 rings (SSSR count). The Hall–Kier alpha value is -1.62. The van der Waals surface area contributed by atoms with Gasteiger partial charge in [-0.25, -0.2) is 4.39 Å². The number of carbonyl (C=O) groups excluding carboxylic acids is 1. The van der Waals surface area contributed by atoms with E-state index in [1.54, 1.807) is 19.1 Å². The molecule has 0 unspecified atom stereocenters. The van der Waals surface area contributed by atoms with E-state index in [2.05, 4.69) is 5.32 Å². The van der Waals surface area contributed by atoms with Crippen molar-refractivity contribution in [2.75, 3.05) is 6.61 Å². The predicted octanol–water partition coefficient (Wildman–Crippen LogP) is 2.14. The van der Waals surface area contributed by atoms with Crippen molar-refractivity contribution in [1.29, 1.82) is 0 Å². The Morgan fingerprint density at radius 3 is 2.63 bits per heavy atom. The second-order valence-electron chi connectivity index (χ2n) is 4.79. The summed E-state index contributed by atoms with van der Waals surface area (Å²) in [5, 5.41) is 2.75. The van der Waals surface area contributed by atoms with Crippen LogP contribution in [-0.2, 0) is 4.79 Å². The number of amides is 1. The second-order valence-corrected chi connectivity index (χ2v) is 4.79. The maximum Gasteiger partial charge on any atom is 0.223 e. The first-order chi connectivity index (χ1) is 8.90. The zero-order chi connectivity index (χ0) is 14.4. The molecule has 1 aromatic carbocycles. The van der Waals surface area contributed by atoms with Gasteiger partial charge >= 0.3 is 0 Å². The molecule has 19 heavy (non-hydrogen) atoms. The van der Waals surface area contributed by atoms with Crippen LogP contribution >= 0.6 is 0 Å². The summed E-state index contributed by atoms with van der Waals surface area (Å²) in [5.74, 6) is -0.0685. The minimum Gasteiger partial charge on any atom is -0.493 e. The van der Waals surface area contributed by atoms with Crippen LogP contribution in [0.15, 0.2) is 18.2 Å². The highest BCUT2D eigenvalue weighted by Gasteiger charge is 2.09. The van der Waals surface area contributed by atoms with Gasteiger partial charge in [0.2, 0.25) is 5.91 Å². The van der Waals surface area contributed by atoms with Gasteiger partial charge < -0.3 is 15.8 Å². The van der Waals surface area contributed by atoms with Crippen molar-refractivity contribution in [3.63, 3.8) is 0 Å². The third-order valence-corrected chi connectivity index (χ3v) is 2.51. The van der Waals surface area contributed by atoms with Gasteiger partial charge in [-0.05, 0) is 26.8 Å². The van der Waals surface area contributed by atoms with Crippen molar-refractivity contribution in [3.05, 3.63) is 29.6 Å². The van der Waals surface area contributed by atoms with Crippen LogP contribution in [0.4, 0.5) is 4.39 Å². The summed E-state index contributed by atoms with van der Waals surface area (Å²) < 4.78 is 19.0. The van der Waals surface area contributed by atoms with Crippen LogP contribution in [0.5, 0.6) is 5.75 Å². The van der Waals surface area contributed by atoms with Crippen molar-refractivity contribution in [2.45, 2.75) is 39.3 Å². The summed E-state index contributed by atoms with van der Waals surface area (Å²) in [5.41, 5.74) is 6.07. The van der Waals surface area contributed by atoms with Gasteiger partial charge in [0.1, 0.15) is 11.6 Å². The Labute approximate surface area is 113 Å². The summed E-state index contributed by atoms with van der Waals surface area (Å²) in [6, 6.07) is 4.30. The van der Waals surface area contributed by atoms with Crippen LogP contribution in [0, 0.1) is 5.82 Å². The number of halogens is 1. The molecule has 5 heteroatoms. The second kappa shape index (κ2) is 7.09. The fourth-order valence-corrected chi connectivity index (χ4v) is 1.62. The van der Waals surface area contributed by atoms with Gasteiger partial charge in [-0.15, -0.1) is 0 Å². The molecule has 3 N–H and O–H groups in total. The minimum absolute atomic E-state index is 0.0809. The molecular formula is C14H21FN2O2. The Bertz CT molecular complexity index is 433. The van der Waals surface area contributed by atoms with Crippen molar-refractivity contribution >= 4 is 5.91 Å². The number of rotatable bonds is 6. The minimum atomic E-state index is -0.390. The molecule has 0 saturated heterocycles. The number of hydrogen-bond donors (Lipinski definition) is 2. The van der Waals surface area contributed by atoms with Crippen molar-refractivity contribution < 1.29 is 13.9 Å². The number of nitrogens with two attached hydrogens (primary N) is 1. The summed E-state index contributed by atoms with van der Waals surface area (Å²) in [6.45, 7) is 5.71. The largest absolute Gasteiger partial charge is 0.493 e. The van der Waals surface area contributed by atoms with E-state index in [1.807, 2.05) is 13.8 Å². The monoisotopic (exact) mass is 268 g/mol. The topological polar surface area (TPSA) is 64.3 Å². The molecule has 1 aromatic rings. The molecular weight excluding hydrogens is 247 g/mol. The van der Waals surface area contributed by atoms with E-state index in [0.29, 0.717) is 11.3 Å². The molecule has 0 radical (unpaired) electrons. The number of ether oxygens (including phenoxy) is 1. The number of nitrogens with one attached hydrogen (secondary N) is 1. The van der Waals surface area contributed by atoms with Crippen LogP contribution in [-0.4, -0.2) is 18.6 Å². The van der Waals surface area contributed by atoms with Crippen LogP contribution in [0.1, 0.15) is 38.8 Å². The van der Waals surface area contributed by atoms with Crippen LogP contribution in [0.25, 0.3) is 0 Å². The molecule has 0 aliphatic rings. The molecule has 0 heterocycles. The van der Waals surface area contributed by atoms with Crippen molar-refractivity contribution in [3.8, 4) is 5.75 Å². The summed E-state index contributed by atoms with van der Waals surface area (Å²) >= 11 is 0. The maximum absolute atomic E-state index is 13.6. The fraction of sp³-hybridized carbons (Fsp3) is 0.500. The molecule has 0 spiro atoms. The first-order valence-corrected chi connectivity index (χ1v) is 6.37. The first-order valence-electron chi connectivity index (χ1n) is 6.37. The summed E-state index contributed by atoms with van der Waals surface area (Å²) in [7, 11) is 0. The van der Waals surface area contributed by atoms with Gasteiger partial charge in [0.15, 0.2) is 0 Å². The van der Waals surface area contributed by atoms with Crippen LogP contribution < -0.4 is 15.8 Å². The zero-order valence-electron chi connectivity index (χ0n) is 11.6. The van der Waals surface area contributed by atoms with Gasteiger partial charge in [-0.3, -0.25) is 4.79 Å². The smallest absolute Gasteiger partial charge is 0.223 e. The van der Waals surface area contributed by atoms with Crippen LogP contribution in [0.3, 0.4) is 0 Å². The van der Waals surface area contributed by atoms with E-state index in [-0.39, 0.29) is 36.8 Å². The van der Waals surface area contributed by atoms with E-state index in [0.717, 1.165) is 0 Å². The standard InChI is InChI=1S/C14H21FN2O2/c1-9(2)17-14(18)6-7-19-11-4-5-12(10(3)16)13(15)8-11/h4-5,8-10H,6-7,16H2,1-3H3,(H,17,18)/t10-/m0/s1. The molecule has 0 saturated carbocycles. The van der Waals surface area contributed by atoms with Gasteiger partial charge in [-0.2, -0.15) is 0 Å². The summed E-state index contributed by atoms with van der Waals surface area (Å²) in [6.07, 6.45) is 0.245. The van der Waals surface area contributed by atoms with Gasteiger partial charge in [0.25, 0.3) is 0 Å². The zero-order valence-corrected chi connectivity index (χ0v) is 11.6. The molecule has 0 fully saturated rings. The third-order valence-electron chi connectivity index (χ3n) is 2.51. The van der Waals surface area contributed by atoms with Crippen molar-refractivity contribution in [2.24, 2.45) is 5.73 Å². The number of benzene rings is 1. The lowest BCUT2D eigenvalue weighted by molar-refractivity contribution is -0.122. The van der Waals surface area contributed by atoms with Crippen molar-refractivity contribution in [1.82, 2.24) is 5.32 Å². The van der Waals surface area contributed by atoms with E-state index < -0.39 is 0 Å². The average Bonchev–Trinajstić information content (AvgIpc) is 2.27. The molecule has 1 amide bonds. The van der Waals surface area contributed by atoms with Gasteiger partial charge in [0, 0.05) is 23.7 Å². The lowest BCUT2D eigenvalue weighted by Gasteiger charge is -2.11. The third kappa shape index (κ3) is 5.26. The molecule has 4 nitrogen and oxygen atoms in total. The Kier molecular flexibility index (Phi) is 5.76. The molecule has 0 aliphatic heterocycles. The van der Waals surface area contributed by atoms with E-state index in [1.165, 1.54) is 6.07 Å². The molecule has 106 valence electrons. The quantitative estimate of drug-likeness (QED) is 0.830. The normalized spacial score (nSPS) is 12.3. The number of carbonyl (C=O) groups is 1. The Balaban J connectivity index is 2.46. The Morgan fingerprint density at radius 2 is 2.11 bits per heavy atom. The molecule has 1 atom stereocenters. The predicted molar refractivity (Wildman–Crippen MR) is 72.4 cm³/mol. The Morgan fingerprint density at radius 1 is 1.42 bits per heavy atom. The lowest BCUT2D eigenvalue weighted by atomic mass is 10.1.